The number of anilines is 3. The van der Waals surface area contributed by atoms with Crippen LogP contribution in [0.15, 0.2) is 67.3 Å². The molecular weight excluding hydrogens is 394 g/mol. The van der Waals surface area contributed by atoms with E-state index >= 15 is 0 Å². The number of nitrogens with one attached hydrogen (secondary N) is 2. The molecule has 4 aromatic rings. The van der Waals surface area contributed by atoms with Crippen LogP contribution in [0.2, 0.25) is 0 Å². The molecule has 31 heavy (non-hydrogen) atoms. The van der Waals surface area contributed by atoms with Crippen molar-refractivity contribution < 1.29 is 9.53 Å². The average Bonchev–Trinajstić information content (AvgIpc) is 3.29. The summed E-state index contributed by atoms with van der Waals surface area (Å²) < 4.78 is 7.28. The van der Waals surface area contributed by atoms with Gasteiger partial charge in [0.05, 0.1) is 24.6 Å². The Hall–Kier alpha value is -3.98. The molecule has 1 saturated heterocycles. The third kappa shape index (κ3) is 4.17. The summed E-state index contributed by atoms with van der Waals surface area (Å²) in [6, 6.07) is 12.8. The second kappa shape index (κ2) is 8.41. The number of aromatic nitrogens is 4. The van der Waals surface area contributed by atoms with Crippen molar-refractivity contribution in [2.75, 3.05) is 41.8 Å². The topological polar surface area (TPSA) is 96.7 Å². The van der Waals surface area contributed by atoms with Gasteiger partial charge >= 0.3 is 6.03 Å². The maximum Gasteiger partial charge on any atom is 0.323 e. The summed E-state index contributed by atoms with van der Waals surface area (Å²) in [5, 5.41) is 10.3. The number of rotatable bonds is 4. The minimum atomic E-state index is -0.313. The fraction of sp³-hybridized carbons (Fsp3) is 0.182. The molecule has 9 nitrogen and oxygen atoms in total. The molecule has 0 aliphatic carbocycles. The summed E-state index contributed by atoms with van der Waals surface area (Å²) >= 11 is 0. The van der Waals surface area contributed by atoms with Crippen molar-refractivity contribution in [1.29, 1.82) is 0 Å². The van der Waals surface area contributed by atoms with Gasteiger partial charge in [-0.1, -0.05) is 12.1 Å². The largest absolute Gasteiger partial charge is 0.378 e. The molecule has 1 aliphatic rings. The summed E-state index contributed by atoms with van der Waals surface area (Å²) in [5.74, 6) is 0. The molecule has 0 radical (unpaired) electrons. The lowest BCUT2D eigenvalue weighted by atomic mass is 10.1. The molecule has 2 amide bonds. The van der Waals surface area contributed by atoms with Crippen molar-refractivity contribution in [3.05, 3.63) is 67.3 Å². The normalized spacial score (nSPS) is 13.9. The van der Waals surface area contributed by atoms with Crippen LogP contribution in [0.25, 0.3) is 16.9 Å². The zero-order valence-electron chi connectivity index (χ0n) is 16.7. The molecule has 0 spiro atoms. The van der Waals surface area contributed by atoms with Gasteiger partial charge in [0.2, 0.25) is 0 Å². The highest BCUT2D eigenvalue weighted by Crippen LogP contribution is 2.27. The number of amides is 2. The van der Waals surface area contributed by atoms with Gasteiger partial charge in [-0.3, -0.25) is 4.98 Å². The number of nitrogens with zero attached hydrogens (tertiary/aromatic N) is 5. The molecule has 1 aromatic carbocycles. The number of fused-ring (bicyclic) bond motifs is 1. The van der Waals surface area contributed by atoms with Gasteiger partial charge in [-0.2, -0.15) is 5.10 Å². The Bertz CT molecular complexity index is 1190. The zero-order valence-corrected chi connectivity index (χ0v) is 16.7. The number of carbonyl (C=O) groups excluding carboxylic acids is 1. The molecule has 1 aliphatic heterocycles. The molecular formula is C22H21N7O2. The smallest absolute Gasteiger partial charge is 0.323 e. The van der Waals surface area contributed by atoms with Crippen LogP contribution in [0.4, 0.5) is 21.9 Å². The van der Waals surface area contributed by atoms with E-state index in [0.29, 0.717) is 24.6 Å². The van der Waals surface area contributed by atoms with Crippen LogP contribution in [-0.4, -0.2) is 51.9 Å². The molecule has 9 heteroatoms. The lowest BCUT2D eigenvalue weighted by Crippen LogP contribution is -2.36. The number of morpholine rings is 1. The SMILES string of the molecule is O=C(Nc1ccncc1)Nc1ccc(-c2cc(N3CCOCC3)c3nccn3n2)cc1. The molecule has 0 saturated carbocycles. The first-order valence-electron chi connectivity index (χ1n) is 10.0. The Labute approximate surface area is 178 Å². The summed E-state index contributed by atoms with van der Waals surface area (Å²) in [6.45, 7) is 3.04. The molecule has 1 fully saturated rings. The fourth-order valence-electron chi connectivity index (χ4n) is 3.53. The van der Waals surface area contributed by atoms with Crippen LogP contribution in [0.3, 0.4) is 0 Å². The number of carbonyl (C=O) groups is 1. The van der Waals surface area contributed by atoms with Gasteiger partial charge in [0.15, 0.2) is 5.65 Å². The van der Waals surface area contributed by atoms with Crippen LogP contribution in [-0.2, 0) is 4.74 Å². The summed E-state index contributed by atoms with van der Waals surface area (Å²) in [5.41, 5.74) is 5.02. The molecule has 5 rings (SSSR count). The summed E-state index contributed by atoms with van der Waals surface area (Å²) in [6.07, 6.45) is 6.85. The Balaban J connectivity index is 1.36. The fourth-order valence-corrected chi connectivity index (χ4v) is 3.53. The van der Waals surface area contributed by atoms with Crippen molar-refractivity contribution in [3.8, 4) is 11.3 Å². The van der Waals surface area contributed by atoms with Crippen molar-refractivity contribution >= 4 is 28.7 Å². The zero-order chi connectivity index (χ0) is 21.0. The number of pyridine rings is 1. The summed E-state index contributed by atoms with van der Waals surface area (Å²) in [7, 11) is 0. The number of imidazole rings is 1. The predicted octanol–water partition coefficient (Wildman–Crippen LogP) is 3.27. The van der Waals surface area contributed by atoms with Gasteiger partial charge in [0.25, 0.3) is 0 Å². The highest BCUT2D eigenvalue weighted by molar-refractivity contribution is 5.99. The van der Waals surface area contributed by atoms with E-state index in [1.165, 1.54) is 0 Å². The van der Waals surface area contributed by atoms with E-state index in [1.807, 2.05) is 30.5 Å². The van der Waals surface area contributed by atoms with Gasteiger partial charge in [-0.25, -0.2) is 14.3 Å². The van der Waals surface area contributed by atoms with Crippen molar-refractivity contribution in [2.45, 2.75) is 0 Å². The first kappa shape index (κ1) is 19.0. The third-order valence-electron chi connectivity index (χ3n) is 5.07. The number of urea groups is 1. The molecule has 2 N–H and O–H groups in total. The van der Waals surface area contributed by atoms with E-state index in [1.54, 1.807) is 35.2 Å². The maximum absolute atomic E-state index is 12.2. The molecule has 0 unspecified atom stereocenters. The van der Waals surface area contributed by atoms with E-state index in [-0.39, 0.29) is 6.03 Å². The highest BCUT2D eigenvalue weighted by Gasteiger charge is 2.17. The quantitative estimate of drug-likeness (QED) is 0.531. The van der Waals surface area contributed by atoms with E-state index in [4.69, 9.17) is 9.84 Å². The van der Waals surface area contributed by atoms with Gasteiger partial charge in [-0.15, -0.1) is 0 Å². The number of ether oxygens (including phenoxy) is 1. The Morgan fingerprint density at radius 3 is 2.39 bits per heavy atom. The predicted molar refractivity (Wildman–Crippen MR) is 118 cm³/mol. The van der Waals surface area contributed by atoms with Crippen molar-refractivity contribution in [2.24, 2.45) is 0 Å². The molecule has 3 aromatic heterocycles. The van der Waals surface area contributed by atoms with E-state index < -0.39 is 0 Å². The Morgan fingerprint density at radius 1 is 0.935 bits per heavy atom. The van der Waals surface area contributed by atoms with E-state index in [2.05, 4.69) is 31.6 Å². The number of hydrogen-bond acceptors (Lipinski definition) is 6. The first-order chi connectivity index (χ1) is 15.3. The number of hydrogen-bond donors (Lipinski definition) is 2. The van der Waals surface area contributed by atoms with Crippen molar-refractivity contribution in [3.63, 3.8) is 0 Å². The van der Waals surface area contributed by atoms with Crippen LogP contribution >= 0.6 is 0 Å². The minimum absolute atomic E-state index is 0.313. The monoisotopic (exact) mass is 415 g/mol. The second-order valence-corrected chi connectivity index (χ2v) is 7.10. The summed E-state index contributed by atoms with van der Waals surface area (Å²) in [4.78, 5) is 22.9. The molecule has 156 valence electrons. The van der Waals surface area contributed by atoms with E-state index in [0.717, 1.165) is 35.7 Å². The number of benzene rings is 1. The lowest BCUT2D eigenvalue weighted by Gasteiger charge is -2.29. The average molecular weight is 415 g/mol. The molecule has 0 bridgehead atoms. The highest BCUT2D eigenvalue weighted by atomic mass is 16.5. The first-order valence-corrected chi connectivity index (χ1v) is 10.0. The van der Waals surface area contributed by atoms with E-state index in [9.17, 15) is 4.79 Å². The van der Waals surface area contributed by atoms with Crippen LogP contribution < -0.4 is 15.5 Å². The van der Waals surface area contributed by atoms with Crippen molar-refractivity contribution in [1.82, 2.24) is 19.6 Å². The molecule has 4 heterocycles. The van der Waals surface area contributed by atoms with Gasteiger partial charge in [0.1, 0.15) is 0 Å². The Kier molecular flexibility index (Phi) is 5.16. The van der Waals surface area contributed by atoms with Crippen LogP contribution in [0.1, 0.15) is 0 Å². The standard InChI is InChI=1S/C22H21N7O2/c30-22(26-18-5-7-23-8-6-18)25-17-3-1-16(2-4-17)19-15-20(28-11-13-31-14-12-28)21-24-9-10-29(21)27-19/h1-10,15H,11-14H2,(H2,23,25,26,30). The van der Waals surface area contributed by atoms with Gasteiger partial charge < -0.3 is 20.3 Å². The maximum atomic E-state index is 12.2. The van der Waals surface area contributed by atoms with Crippen LogP contribution in [0.5, 0.6) is 0 Å². The van der Waals surface area contributed by atoms with Crippen LogP contribution in [0, 0.1) is 0 Å². The third-order valence-corrected chi connectivity index (χ3v) is 5.07. The lowest BCUT2D eigenvalue weighted by molar-refractivity contribution is 0.123. The molecule has 0 atom stereocenters. The second-order valence-electron chi connectivity index (χ2n) is 7.10. The van der Waals surface area contributed by atoms with Gasteiger partial charge in [-0.05, 0) is 30.3 Å². The minimum Gasteiger partial charge on any atom is -0.378 e. The van der Waals surface area contributed by atoms with Gasteiger partial charge in [0, 0.05) is 54.8 Å². The Morgan fingerprint density at radius 2 is 1.65 bits per heavy atom.